The van der Waals surface area contributed by atoms with Gasteiger partial charge in [0.1, 0.15) is 0 Å². The summed E-state index contributed by atoms with van der Waals surface area (Å²) >= 11 is 0. The Morgan fingerprint density at radius 1 is 1.10 bits per heavy atom. The highest BCUT2D eigenvalue weighted by Crippen LogP contribution is 2.21. The van der Waals surface area contributed by atoms with E-state index in [1.165, 1.54) is 0 Å². The van der Waals surface area contributed by atoms with E-state index >= 15 is 0 Å². The van der Waals surface area contributed by atoms with Crippen molar-refractivity contribution in [2.45, 2.75) is 37.8 Å². The maximum atomic E-state index is 12.0. The molecule has 20 heavy (non-hydrogen) atoms. The average molecular weight is 292 g/mol. The highest BCUT2D eigenvalue weighted by Gasteiger charge is 2.24. The molecule has 1 aromatic rings. The molecule has 0 spiro atoms. The maximum Gasteiger partial charge on any atom is 0.251 e. The normalized spacial score (nSPS) is 26.0. The molecule has 5 heteroatoms. The Labute approximate surface area is 121 Å². The summed E-state index contributed by atoms with van der Waals surface area (Å²) in [6.07, 6.45) is 4.07. The fraction of sp³-hybridized carbons (Fsp3) is 0.533. The molecule has 2 fully saturated rings. The summed E-state index contributed by atoms with van der Waals surface area (Å²) in [5, 5.41) is 6.45. The summed E-state index contributed by atoms with van der Waals surface area (Å²) in [6, 6.07) is 8.40. The molecule has 0 atom stereocenters. The van der Waals surface area contributed by atoms with Crippen LogP contribution in [0.3, 0.4) is 0 Å². The van der Waals surface area contributed by atoms with Crippen LogP contribution in [0.15, 0.2) is 24.3 Å². The molecule has 1 aliphatic heterocycles. The Bertz CT molecular complexity index is 518. The van der Waals surface area contributed by atoms with Crippen LogP contribution in [0.1, 0.15) is 36.0 Å². The van der Waals surface area contributed by atoms with Gasteiger partial charge < -0.3 is 10.6 Å². The lowest BCUT2D eigenvalue weighted by atomic mass is 10.1. The molecule has 1 aromatic carbocycles. The number of hydrogen-bond donors (Lipinski definition) is 2. The van der Waals surface area contributed by atoms with Gasteiger partial charge in [-0.2, -0.15) is 0 Å². The van der Waals surface area contributed by atoms with Crippen LogP contribution in [0.4, 0.5) is 5.69 Å². The zero-order valence-electron chi connectivity index (χ0n) is 11.4. The molecule has 0 aromatic heterocycles. The van der Waals surface area contributed by atoms with Crippen molar-refractivity contribution in [3.05, 3.63) is 29.8 Å². The van der Waals surface area contributed by atoms with Gasteiger partial charge in [-0.25, -0.2) is 0 Å². The SMILES string of the molecule is O=C(NC1CC1)c1cccc(NC2CCS(=O)CC2)c1. The first-order valence-electron chi connectivity index (χ1n) is 7.23. The van der Waals surface area contributed by atoms with E-state index in [2.05, 4.69) is 10.6 Å². The molecule has 0 bridgehead atoms. The quantitative estimate of drug-likeness (QED) is 0.891. The number of nitrogens with one attached hydrogen (secondary N) is 2. The van der Waals surface area contributed by atoms with Gasteiger partial charge in [-0.05, 0) is 43.9 Å². The molecule has 0 radical (unpaired) electrons. The first-order chi connectivity index (χ1) is 9.70. The monoisotopic (exact) mass is 292 g/mol. The third-order valence-electron chi connectivity index (χ3n) is 3.80. The fourth-order valence-electron chi connectivity index (χ4n) is 2.42. The van der Waals surface area contributed by atoms with Crippen molar-refractivity contribution in [3.8, 4) is 0 Å². The summed E-state index contributed by atoms with van der Waals surface area (Å²) in [5.74, 6) is 1.57. The van der Waals surface area contributed by atoms with Crippen molar-refractivity contribution < 1.29 is 9.00 Å². The first kappa shape index (κ1) is 13.6. The lowest BCUT2D eigenvalue weighted by Gasteiger charge is -2.23. The van der Waals surface area contributed by atoms with E-state index in [1.807, 2.05) is 24.3 Å². The van der Waals surface area contributed by atoms with E-state index < -0.39 is 10.8 Å². The van der Waals surface area contributed by atoms with Crippen LogP contribution in [0.5, 0.6) is 0 Å². The Balaban J connectivity index is 1.61. The van der Waals surface area contributed by atoms with Gasteiger partial charge in [0.25, 0.3) is 5.91 Å². The van der Waals surface area contributed by atoms with Crippen molar-refractivity contribution in [3.63, 3.8) is 0 Å². The lowest BCUT2D eigenvalue weighted by Crippen LogP contribution is -2.29. The summed E-state index contributed by atoms with van der Waals surface area (Å²) in [7, 11) is -0.635. The van der Waals surface area contributed by atoms with Crippen LogP contribution in [0.25, 0.3) is 0 Å². The second kappa shape index (κ2) is 5.95. The van der Waals surface area contributed by atoms with Gasteiger partial charge in [0.05, 0.1) is 0 Å². The van der Waals surface area contributed by atoms with Crippen molar-refractivity contribution in [1.29, 1.82) is 0 Å². The molecule has 1 saturated carbocycles. The first-order valence-corrected chi connectivity index (χ1v) is 8.72. The Hall–Kier alpha value is -1.36. The van der Waals surface area contributed by atoms with Gasteiger partial charge in [0.15, 0.2) is 0 Å². The molecule has 1 saturated heterocycles. The van der Waals surface area contributed by atoms with Gasteiger partial charge in [-0.3, -0.25) is 9.00 Å². The molecule has 1 heterocycles. The summed E-state index contributed by atoms with van der Waals surface area (Å²) < 4.78 is 11.3. The number of amides is 1. The molecular formula is C15H20N2O2S. The molecule has 2 N–H and O–H groups in total. The zero-order valence-corrected chi connectivity index (χ0v) is 12.2. The van der Waals surface area contributed by atoms with Gasteiger partial charge in [-0.1, -0.05) is 6.07 Å². The summed E-state index contributed by atoms with van der Waals surface area (Å²) in [4.78, 5) is 12.0. The van der Waals surface area contributed by atoms with E-state index in [0.717, 1.165) is 42.9 Å². The Morgan fingerprint density at radius 3 is 2.55 bits per heavy atom. The standard InChI is InChI=1S/C15H20N2O2S/c18-15(17-12-4-5-12)11-2-1-3-14(10-11)16-13-6-8-20(19)9-7-13/h1-3,10,12-13,16H,4-9H2,(H,17,18). The van der Waals surface area contributed by atoms with Crippen LogP contribution in [-0.2, 0) is 10.8 Å². The maximum absolute atomic E-state index is 12.0. The smallest absolute Gasteiger partial charge is 0.251 e. The fourth-order valence-corrected chi connectivity index (χ4v) is 3.72. The minimum absolute atomic E-state index is 0.0147. The highest BCUT2D eigenvalue weighted by atomic mass is 32.2. The van der Waals surface area contributed by atoms with E-state index in [1.54, 1.807) is 0 Å². The zero-order chi connectivity index (χ0) is 13.9. The highest BCUT2D eigenvalue weighted by molar-refractivity contribution is 7.85. The van der Waals surface area contributed by atoms with Gasteiger partial charge in [0.2, 0.25) is 0 Å². The molecule has 108 valence electrons. The van der Waals surface area contributed by atoms with Crippen molar-refractivity contribution >= 4 is 22.4 Å². The van der Waals surface area contributed by atoms with Crippen LogP contribution < -0.4 is 10.6 Å². The number of carbonyl (C=O) groups excluding carboxylic acids is 1. The number of benzene rings is 1. The summed E-state index contributed by atoms with van der Waals surface area (Å²) in [5.41, 5.74) is 1.69. The van der Waals surface area contributed by atoms with Crippen molar-refractivity contribution in [2.24, 2.45) is 0 Å². The molecule has 1 aliphatic carbocycles. The van der Waals surface area contributed by atoms with E-state index in [9.17, 15) is 9.00 Å². The molecule has 3 rings (SSSR count). The largest absolute Gasteiger partial charge is 0.382 e. The summed E-state index contributed by atoms with van der Waals surface area (Å²) in [6.45, 7) is 0. The minimum Gasteiger partial charge on any atom is -0.382 e. The van der Waals surface area contributed by atoms with Gasteiger partial charge in [-0.15, -0.1) is 0 Å². The minimum atomic E-state index is -0.635. The number of rotatable bonds is 4. The van der Waals surface area contributed by atoms with E-state index in [0.29, 0.717) is 17.6 Å². The molecule has 0 unspecified atom stereocenters. The van der Waals surface area contributed by atoms with Gasteiger partial charge >= 0.3 is 0 Å². The second-order valence-electron chi connectivity index (χ2n) is 5.60. The molecular weight excluding hydrogens is 272 g/mol. The van der Waals surface area contributed by atoms with Crippen molar-refractivity contribution in [2.75, 3.05) is 16.8 Å². The van der Waals surface area contributed by atoms with Crippen LogP contribution in [-0.4, -0.2) is 33.7 Å². The Kier molecular flexibility index (Phi) is 4.05. The third kappa shape index (κ3) is 3.60. The lowest BCUT2D eigenvalue weighted by molar-refractivity contribution is 0.0951. The third-order valence-corrected chi connectivity index (χ3v) is 5.18. The number of carbonyl (C=O) groups is 1. The van der Waals surface area contributed by atoms with Crippen LogP contribution in [0.2, 0.25) is 0 Å². The molecule has 1 amide bonds. The number of anilines is 1. The van der Waals surface area contributed by atoms with Gasteiger partial charge in [0, 0.05) is 45.6 Å². The van der Waals surface area contributed by atoms with Crippen LogP contribution >= 0.6 is 0 Å². The average Bonchev–Trinajstić information content (AvgIpc) is 3.26. The molecule has 4 nitrogen and oxygen atoms in total. The van der Waals surface area contributed by atoms with Crippen LogP contribution in [0, 0.1) is 0 Å². The topological polar surface area (TPSA) is 58.2 Å². The van der Waals surface area contributed by atoms with E-state index in [-0.39, 0.29) is 5.91 Å². The van der Waals surface area contributed by atoms with Crippen molar-refractivity contribution in [1.82, 2.24) is 5.32 Å². The number of hydrogen-bond acceptors (Lipinski definition) is 3. The predicted molar refractivity (Wildman–Crippen MR) is 81.5 cm³/mol. The van der Waals surface area contributed by atoms with E-state index in [4.69, 9.17) is 0 Å². The molecule has 2 aliphatic rings. The second-order valence-corrected chi connectivity index (χ2v) is 7.29. The Morgan fingerprint density at radius 2 is 1.85 bits per heavy atom. The predicted octanol–water partition coefficient (Wildman–Crippen LogP) is 1.90.